The number of aliphatic hydroxyl groups is 2. The molecule has 20 heavy (non-hydrogen) atoms. The van der Waals surface area contributed by atoms with Crippen LogP contribution >= 0.6 is 0 Å². The lowest BCUT2D eigenvalue weighted by atomic mass is 9.99. The molecule has 1 saturated heterocycles. The lowest BCUT2D eigenvalue weighted by Gasteiger charge is -2.33. The molecule has 1 unspecified atom stereocenters. The van der Waals surface area contributed by atoms with Gasteiger partial charge in [0, 0.05) is 50.4 Å². The molecular weight excluding hydrogens is 256 g/mol. The summed E-state index contributed by atoms with van der Waals surface area (Å²) < 4.78 is 2.00. The molecule has 1 atom stereocenters. The first kappa shape index (κ1) is 14.0. The Morgan fingerprint density at radius 3 is 2.95 bits per heavy atom. The van der Waals surface area contributed by atoms with Gasteiger partial charge in [0.15, 0.2) is 0 Å². The van der Waals surface area contributed by atoms with Gasteiger partial charge in [-0.1, -0.05) is 0 Å². The average molecular weight is 280 g/mol. The highest BCUT2D eigenvalue weighted by Gasteiger charge is 2.35. The second-order valence-corrected chi connectivity index (χ2v) is 5.96. The minimum Gasteiger partial charge on any atom is -0.390 e. The number of aliphatic hydroxyl groups excluding tert-OH is 1. The van der Waals surface area contributed by atoms with E-state index < -0.39 is 5.60 Å². The Balaban J connectivity index is 1.76. The van der Waals surface area contributed by atoms with E-state index in [-0.39, 0.29) is 6.61 Å². The first-order valence-corrected chi connectivity index (χ1v) is 7.49. The van der Waals surface area contributed by atoms with Gasteiger partial charge in [-0.2, -0.15) is 5.10 Å². The van der Waals surface area contributed by atoms with Crippen molar-refractivity contribution >= 4 is 0 Å². The predicted molar refractivity (Wildman–Crippen MR) is 75.2 cm³/mol. The summed E-state index contributed by atoms with van der Waals surface area (Å²) in [5, 5.41) is 27.7. The Morgan fingerprint density at radius 1 is 1.45 bits per heavy atom. The maximum absolute atomic E-state index is 10.5. The molecule has 6 nitrogen and oxygen atoms in total. The van der Waals surface area contributed by atoms with E-state index in [1.807, 2.05) is 4.68 Å². The summed E-state index contributed by atoms with van der Waals surface area (Å²) in [6.07, 6.45) is 1.76. The van der Waals surface area contributed by atoms with Crippen molar-refractivity contribution in [2.24, 2.45) is 0 Å². The van der Waals surface area contributed by atoms with Crippen LogP contribution < -0.4 is 5.32 Å². The van der Waals surface area contributed by atoms with Crippen LogP contribution in [0.25, 0.3) is 0 Å². The maximum Gasteiger partial charge on any atom is 0.0926 e. The third kappa shape index (κ3) is 2.48. The number of aromatic nitrogens is 2. The van der Waals surface area contributed by atoms with E-state index in [4.69, 9.17) is 0 Å². The Labute approximate surface area is 119 Å². The molecule has 1 aromatic heterocycles. The zero-order chi connectivity index (χ0) is 14.2. The predicted octanol–water partition coefficient (Wildman–Crippen LogP) is -0.522. The Morgan fingerprint density at radius 2 is 2.30 bits per heavy atom. The fourth-order valence-corrected chi connectivity index (χ4v) is 3.42. The van der Waals surface area contributed by atoms with Gasteiger partial charge >= 0.3 is 0 Å². The minimum atomic E-state index is -0.600. The molecule has 0 aliphatic carbocycles. The van der Waals surface area contributed by atoms with Crippen LogP contribution in [-0.2, 0) is 26.1 Å². The van der Waals surface area contributed by atoms with Crippen LogP contribution in [-0.4, -0.2) is 56.7 Å². The fourth-order valence-electron chi connectivity index (χ4n) is 3.42. The fraction of sp³-hybridized carbons (Fsp3) is 0.786. The van der Waals surface area contributed by atoms with Gasteiger partial charge in [0.1, 0.15) is 0 Å². The summed E-state index contributed by atoms with van der Waals surface area (Å²) >= 11 is 0. The smallest absolute Gasteiger partial charge is 0.0926 e. The molecule has 6 heteroatoms. The summed E-state index contributed by atoms with van der Waals surface area (Å²) in [6, 6.07) is 0. The molecule has 2 aliphatic heterocycles. The molecule has 0 aromatic carbocycles. The molecule has 3 N–H and O–H groups in total. The molecule has 3 heterocycles. The van der Waals surface area contributed by atoms with Gasteiger partial charge in [0.05, 0.1) is 17.9 Å². The summed E-state index contributed by atoms with van der Waals surface area (Å²) in [5.41, 5.74) is 2.61. The normalized spacial score (nSPS) is 26.9. The Hall–Kier alpha value is -0.950. The first-order valence-electron chi connectivity index (χ1n) is 7.49. The lowest BCUT2D eigenvalue weighted by molar-refractivity contribution is 0.0164. The number of hydrogen-bond donors (Lipinski definition) is 3. The number of β-amino-alcohol motifs (C(OH)–C–C–N with tert-alkyl or cyclic N) is 1. The molecule has 2 aliphatic rings. The van der Waals surface area contributed by atoms with Crippen LogP contribution in [0.15, 0.2) is 0 Å². The number of nitrogens with one attached hydrogen (secondary N) is 1. The van der Waals surface area contributed by atoms with E-state index >= 15 is 0 Å². The van der Waals surface area contributed by atoms with Crippen molar-refractivity contribution in [1.29, 1.82) is 0 Å². The topological polar surface area (TPSA) is 73.5 Å². The van der Waals surface area contributed by atoms with Crippen molar-refractivity contribution in [2.45, 2.75) is 45.1 Å². The average Bonchev–Trinajstić information content (AvgIpc) is 3.02. The van der Waals surface area contributed by atoms with Crippen LogP contribution in [0.2, 0.25) is 0 Å². The molecule has 1 aromatic rings. The largest absolute Gasteiger partial charge is 0.390 e. The van der Waals surface area contributed by atoms with Gasteiger partial charge in [-0.25, -0.2) is 0 Å². The summed E-state index contributed by atoms with van der Waals surface area (Å²) in [4.78, 5) is 2.29. The molecule has 112 valence electrons. The molecule has 0 saturated carbocycles. The molecule has 1 fully saturated rings. The summed E-state index contributed by atoms with van der Waals surface area (Å²) in [7, 11) is 0. The first-order chi connectivity index (χ1) is 9.65. The highest BCUT2D eigenvalue weighted by atomic mass is 16.3. The van der Waals surface area contributed by atoms with Gasteiger partial charge in [-0.15, -0.1) is 0 Å². The zero-order valence-corrected chi connectivity index (χ0v) is 12.1. The third-order valence-electron chi connectivity index (χ3n) is 4.48. The summed E-state index contributed by atoms with van der Waals surface area (Å²) in [5.74, 6) is 0. The molecule has 0 amide bonds. The quantitative estimate of drug-likeness (QED) is 0.692. The molecule has 0 radical (unpaired) electrons. The highest BCUT2D eigenvalue weighted by Crippen LogP contribution is 2.25. The number of fused-ring (bicyclic) bond motifs is 1. The van der Waals surface area contributed by atoms with Gasteiger partial charge in [-0.3, -0.25) is 9.58 Å². The van der Waals surface area contributed by atoms with Crippen molar-refractivity contribution in [3.8, 4) is 0 Å². The summed E-state index contributed by atoms with van der Waals surface area (Å²) in [6.45, 7) is 6.92. The second kappa shape index (κ2) is 5.44. The van der Waals surface area contributed by atoms with Crippen molar-refractivity contribution in [3.63, 3.8) is 0 Å². The maximum atomic E-state index is 10.5. The number of aryl methyl sites for hydroxylation is 1. The van der Waals surface area contributed by atoms with Gasteiger partial charge in [-0.05, 0) is 19.9 Å². The monoisotopic (exact) mass is 280 g/mol. The standard InChI is InChI=1S/C14H24N4O2/c1-2-18-13-3-6-17(7-11(13)12(8-19)16-18)10-14(20)4-5-15-9-14/h15,19-20H,2-10H2,1H3. The molecule has 3 rings (SSSR count). The van der Waals surface area contributed by atoms with E-state index in [0.29, 0.717) is 13.1 Å². The van der Waals surface area contributed by atoms with E-state index in [9.17, 15) is 10.2 Å². The van der Waals surface area contributed by atoms with E-state index in [1.54, 1.807) is 0 Å². The molecular formula is C14H24N4O2. The highest BCUT2D eigenvalue weighted by molar-refractivity contribution is 5.28. The number of hydrogen-bond acceptors (Lipinski definition) is 5. The molecule has 0 bridgehead atoms. The third-order valence-corrected chi connectivity index (χ3v) is 4.48. The Kier molecular flexibility index (Phi) is 3.81. The van der Waals surface area contributed by atoms with Crippen molar-refractivity contribution in [1.82, 2.24) is 20.0 Å². The van der Waals surface area contributed by atoms with Crippen LogP contribution in [0.3, 0.4) is 0 Å². The van der Waals surface area contributed by atoms with Crippen LogP contribution in [0.1, 0.15) is 30.3 Å². The number of nitrogens with zero attached hydrogens (tertiary/aromatic N) is 3. The zero-order valence-electron chi connectivity index (χ0n) is 12.1. The van der Waals surface area contributed by atoms with Crippen LogP contribution in [0, 0.1) is 0 Å². The van der Waals surface area contributed by atoms with Gasteiger partial charge in [0.25, 0.3) is 0 Å². The second-order valence-electron chi connectivity index (χ2n) is 5.96. The van der Waals surface area contributed by atoms with Gasteiger partial charge in [0.2, 0.25) is 0 Å². The van der Waals surface area contributed by atoms with E-state index in [2.05, 4.69) is 22.2 Å². The molecule has 0 spiro atoms. The van der Waals surface area contributed by atoms with Crippen molar-refractivity contribution in [2.75, 3.05) is 26.2 Å². The SMILES string of the molecule is CCn1nc(CO)c2c1CCN(CC1(O)CCNC1)C2. The minimum absolute atomic E-state index is 0.00496. The van der Waals surface area contributed by atoms with Gasteiger partial charge < -0.3 is 15.5 Å². The lowest BCUT2D eigenvalue weighted by Crippen LogP contribution is -2.46. The Bertz CT molecular complexity index is 480. The van der Waals surface area contributed by atoms with Crippen LogP contribution in [0.4, 0.5) is 0 Å². The van der Waals surface area contributed by atoms with Crippen molar-refractivity contribution < 1.29 is 10.2 Å². The van der Waals surface area contributed by atoms with Crippen LogP contribution in [0.5, 0.6) is 0 Å². The number of rotatable bonds is 4. The van der Waals surface area contributed by atoms with E-state index in [0.717, 1.165) is 50.3 Å². The van der Waals surface area contributed by atoms with Crippen molar-refractivity contribution in [3.05, 3.63) is 17.0 Å². The van der Waals surface area contributed by atoms with E-state index in [1.165, 1.54) is 5.69 Å².